The van der Waals surface area contributed by atoms with Gasteiger partial charge in [-0.2, -0.15) is 0 Å². The molecule has 1 aromatic rings. The number of hydrogen-bond donors (Lipinski definition) is 1. The van der Waals surface area contributed by atoms with E-state index >= 15 is 0 Å². The first-order valence-corrected chi connectivity index (χ1v) is 7.07. The summed E-state index contributed by atoms with van der Waals surface area (Å²) in [7, 11) is 1.68. The molecule has 6 nitrogen and oxygen atoms in total. The molecule has 0 spiro atoms. The number of nitrogens with zero attached hydrogens (tertiary/aromatic N) is 2. The van der Waals surface area contributed by atoms with E-state index in [-0.39, 0.29) is 17.6 Å². The van der Waals surface area contributed by atoms with Gasteiger partial charge in [0.05, 0.1) is 16.5 Å². The van der Waals surface area contributed by atoms with Gasteiger partial charge in [-0.3, -0.25) is 14.9 Å². The predicted octanol–water partition coefficient (Wildman–Crippen LogP) is 2.63. The van der Waals surface area contributed by atoms with E-state index in [0.29, 0.717) is 12.8 Å². The van der Waals surface area contributed by atoms with E-state index in [2.05, 4.69) is 0 Å². The Morgan fingerprint density at radius 2 is 2.00 bits per heavy atom. The molecule has 1 amide bonds. The maximum atomic E-state index is 12.5. The topological polar surface area (TPSA) is 89.5 Å². The Labute approximate surface area is 125 Å². The zero-order valence-electron chi connectivity index (χ0n) is 13.0. The first-order chi connectivity index (χ1) is 9.76. The number of carbonyl (C=O) groups excluding carboxylic acids is 1. The van der Waals surface area contributed by atoms with Crippen molar-refractivity contribution in [3.63, 3.8) is 0 Å². The molecular formula is C15H23N3O3. The van der Waals surface area contributed by atoms with Gasteiger partial charge in [0.2, 0.25) is 5.91 Å². The fourth-order valence-electron chi connectivity index (χ4n) is 2.20. The summed E-state index contributed by atoms with van der Waals surface area (Å²) in [6.07, 6.45) is 1.10. The van der Waals surface area contributed by atoms with Crippen LogP contribution in [0.4, 0.5) is 5.69 Å². The summed E-state index contributed by atoms with van der Waals surface area (Å²) in [5.41, 5.74) is 5.99. The molecule has 21 heavy (non-hydrogen) atoms. The van der Waals surface area contributed by atoms with E-state index < -0.39 is 10.5 Å². The van der Waals surface area contributed by atoms with Crippen LogP contribution in [0, 0.1) is 10.1 Å². The minimum atomic E-state index is -0.885. The number of rotatable bonds is 6. The van der Waals surface area contributed by atoms with Gasteiger partial charge in [0, 0.05) is 19.2 Å². The third kappa shape index (κ3) is 3.58. The SMILES string of the molecule is CCC(N)(CC)C(=O)N(C)C(C)c1cccc([N+](=O)[O-])c1. The fourth-order valence-corrected chi connectivity index (χ4v) is 2.20. The number of benzene rings is 1. The Morgan fingerprint density at radius 3 is 2.48 bits per heavy atom. The summed E-state index contributed by atoms with van der Waals surface area (Å²) in [6.45, 7) is 5.60. The monoisotopic (exact) mass is 293 g/mol. The number of nitrogens with two attached hydrogens (primary N) is 1. The van der Waals surface area contributed by atoms with Gasteiger partial charge in [0.25, 0.3) is 5.69 Å². The molecule has 0 radical (unpaired) electrons. The van der Waals surface area contributed by atoms with E-state index in [1.54, 1.807) is 24.1 Å². The van der Waals surface area contributed by atoms with Crippen molar-refractivity contribution < 1.29 is 9.72 Å². The molecule has 1 unspecified atom stereocenters. The second kappa shape index (κ2) is 6.67. The number of nitro benzene ring substituents is 1. The van der Waals surface area contributed by atoms with Crippen molar-refractivity contribution in [2.45, 2.75) is 45.2 Å². The number of amides is 1. The van der Waals surface area contributed by atoms with Gasteiger partial charge in [0.1, 0.15) is 0 Å². The Morgan fingerprint density at radius 1 is 1.43 bits per heavy atom. The molecule has 0 aromatic heterocycles. The second-order valence-electron chi connectivity index (χ2n) is 5.31. The maximum Gasteiger partial charge on any atom is 0.269 e. The number of nitro groups is 1. The maximum absolute atomic E-state index is 12.5. The first-order valence-electron chi connectivity index (χ1n) is 7.07. The normalized spacial score (nSPS) is 12.8. The van der Waals surface area contributed by atoms with Crippen LogP contribution in [0.1, 0.15) is 45.2 Å². The van der Waals surface area contributed by atoms with Gasteiger partial charge < -0.3 is 10.6 Å². The van der Waals surface area contributed by atoms with E-state index in [1.165, 1.54) is 12.1 Å². The summed E-state index contributed by atoms with van der Waals surface area (Å²) < 4.78 is 0. The molecule has 1 aromatic carbocycles. The molecule has 0 aliphatic carbocycles. The highest BCUT2D eigenvalue weighted by atomic mass is 16.6. The molecule has 0 saturated carbocycles. The van der Waals surface area contributed by atoms with E-state index in [4.69, 9.17) is 5.73 Å². The minimum absolute atomic E-state index is 0.0187. The number of hydrogen-bond acceptors (Lipinski definition) is 4. The van der Waals surface area contributed by atoms with Crippen molar-refractivity contribution in [1.82, 2.24) is 4.90 Å². The van der Waals surface area contributed by atoms with Crippen LogP contribution in [-0.4, -0.2) is 28.3 Å². The van der Waals surface area contributed by atoms with Crippen LogP contribution in [0.25, 0.3) is 0 Å². The lowest BCUT2D eigenvalue weighted by Crippen LogP contribution is -2.54. The molecule has 1 atom stereocenters. The molecule has 0 aliphatic rings. The highest BCUT2D eigenvalue weighted by Crippen LogP contribution is 2.26. The van der Waals surface area contributed by atoms with Gasteiger partial charge in [-0.05, 0) is 25.3 Å². The highest BCUT2D eigenvalue weighted by Gasteiger charge is 2.34. The zero-order valence-corrected chi connectivity index (χ0v) is 13.0. The van der Waals surface area contributed by atoms with E-state index in [1.807, 2.05) is 20.8 Å². The first kappa shape index (κ1) is 17.1. The molecule has 0 heterocycles. The lowest BCUT2D eigenvalue weighted by atomic mass is 9.91. The smallest absolute Gasteiger partial charge is 0.269 e. The van der Waals surface area contributed by atoms with E-state index in [9.17, 15) is 14.9 Å². The Hall–Kier alpha value is -1.95. The Balaban J connectivity index is 3.02. The third-order valence-corrected chi connectivity index (χ3v) is 4.15. The van der Waals surface area contributed by atoms with Crippen molar-refractivity contribution in [1.29, 1.82) is 0 Å². The molecule has 0 aliphatic heterocycles. The summed E-state index contributed by atoms with van der Waals surface area (Å²) in [6, 6.07) is 6.04. The van der Waals surface area contributed by atoms with Gasteiger partial charge in [-0.1, -0.05) is 26.0 Å². The molecule has 0 bridgehead atoms. The molecule has 1 rings (SSSR count). The molecule has 6 heteroatoms. The quantitative estimate of drug-likeness (QED) is 0.645. The molecule has 116 valence electrons. The number of non-ortho nitro benzene ring substituents is 1. The lowest BCUT2D eigenvalue weighted by molar-refractivity contribution is -0.384. The van der Waals surface area contributed by atoms with Crippen molar-refractivity contribution >= 4 is 11.6 Å². The van der Waals surface area contributed by atoms with Crippen LogP contribution < -0.4 is 5.73 Å². The molecule has 0 fully saturated rings. The lowest BCUT2D eigenvalue weighted by Gasteiger charge is -2.34. The summed E-state index contributed by atoms with van der Waals surface area (Å²) in [4.78, 5) is 24.5. The van der Waals surface area contributed by atoms with Crippen LogP contribution in [0.3, 0.4) is 0 Å². The van der Waals surface area contributed by atoms with Crippen molar-refractivity contribution in [3.8, 4) is 0 Å². The van der Waals surface area contributed by atoms with Crippen LogP contribution in [0.2, 0.25) is 0 Å². The third-order valence-electron chi connectivity index (χ3n) is 4.15. The highest BCUT2D eigenvalue weighted by molar-refractivity contribution is 5.86. The largest absolute Gasteiger partial charge is 0.337 e. The average Bonchev–Trinajstić information content (AvgIpc) is 2.51. The van der Waals surface area contributed by atoms with Crippen molar-refractivity contribution in [2.75, 3.05) is 7.05 Å². The Kier molecular flexibility index (Phi) is 5.43. The molecule has 0 saturated heterocycles. The van der Waals surface area contributed by atoms with Crippen LogP contribution in [0.15, 0.2) is 24.3 Å². The van der Waals surface area contributed by atoms with Crippen LogP contribution in [0.5, 0.6) is 0 Å². The predicted molar refractivity (Wildman–Crippen MR) is 81.8 cm³/mol. The fraction of sp³-hybridized carbons (Fsp3) is 0.533. The van der Waals surface area contributed by atoms with Gasteiger partial charge in [-0.25, -0.2) is 0 Å². The molecule has 2 N–H and O–H groups in total. The van der Waals surface area contributed by atoms with Crippen LogP contribution >= 0.6 is 0 Å². The average molecular weight is 293 g/mol. The summed E-state index contributed by atoms with van der Waals surface area (Å²) in [5, 5.41) is 10.8. The second-order valence-corrected chi connectivity index (χ2v) is 5.31. The Bertz CT molecular complexity index is 527. The standard InChI is InChI=1S/C15H23N3O3/c1-5-15(16,6-2)14(19)17(4)11(3)12-8-7-9-13(10-12)18(20)21/h7-11H,5-6,16H2,1-4H3. The number of likely N-dealkylation sites (N-methyl/N-ethyl adjacent to an activating group) is 1. The zero-order chi connectivity index (χ0) is 16.2. The molecular weight excluding hydrogens is 270 g/mol. The van der Waals surface area contributed by atoms with Gasteiger partial charge in [-0.15, -0.1) is 0 Å². The van der Waals surface area contributed by atoms with Gasteiger partial charge in [0.15, 0.2) is 0 Å². The van der Waals surface area contributed by atoms with Gasteiger partial charge >= 0.3 is 0 Å². The summed E-state index contributed by atoms with van der Waals surface area (Å²) in [5.74, 6) is -0.147. The van der Waals surface area contributed by atoms with Crippen LogP contribution in [-0.2, 0) is 4.79 Å². The van der Waals surface area contributed by atoms with E-state index in [0.717, 1.165) is 5.56 Å². The summed E-state index contributed by atoms with van der Waals surface area (Å²) >= 11 is 0. The van der Waals surface area contributed by atoms with Crippen molar-refractivity contribution in [3.05, 3.63) is 39.9 Å². The minimum Gasteiger partial charge on any atom is -0.337 e. The van der Waals surface area contributed by atoms with Crippen molar-refractivity contribution in [2.24, 2.45) is 5.73 Å². The number of carbonyl (C=O) groups is 1.